The van der Waals surface area contributed by atoms with Crippen LogP contribution in [0.5, 0.6) is 5.75 Å². The number of amides is 1. The Kier molecular flexibility index (Phi) is 6.30. The van der Waals surface area contributed by atoms with Crippen molar-refractivity contribution in [1.29, 1.82) is 0 Å². The number of hydrogen-bond acceptors (Lipinski definition) is 4. The monoisotopic (exact) mass is 447 g/mol. The highest BCUT2D eigenvalue weighted by Gasteiger charge is 2.17. The number of carbonyl (C=O) groups excluding carboxylic acids is 1. The molecule has 0 bridgehead atoms. The lowest BCUT2D eigenvalue weighted by molar-refractivity contribution is -0.123. The summed E-state index contributed by atoms with van der Waals surface area (Å²) in [6.07, 6.45) is 0. The molecule has 0 aliphatic heterocycles. The summed E-state index contributed by atoms with van der Waals surface area (Å²) in [6, 6.07) is 2.63. The van der Waals surface area contributed by atoms with E-state index in [1.54, 1.807) is 0 Å². The molecule has 1 N–H and O–H groups in total. The molecular formula is C11H12Br2ClNO4S. The van der Waals surface area contributed by atoms with E-state index >= 15 is 0 Å². The smallest absolute Gasteiger partial charge is 0.261 e. The van der Waals surface area contributed by atoms with Gasteiger partial charge in [-0.05, 0) is 57.8 Å². The van der Waals surface area contributed by atoms with Crippen LogP contribution in [0.1, 0.15) is 13.8 Å². The predicted octanol–water partition coefficient (Wildman–Crippen LogP) is 3.04. The minimum atomic E-state index is -3.83. The highest BCUT2D eigenvalue weighted by Crippen LogP contribution is 2.36. The molecular weight excluding hydrogens is 437 g/mol. The lowest BCUT2D eigenvalue weighted by Gasteiger charge is -2.12. The van der Waals surface area contributed by atoms with Crippen LogP contribution in [0.15, 0.2) is 26.0 Å². The molecule has 0 aliphatic carbocycles. The molecule has 0 heterocycles. The molecule has 0 saturated heterocycles. The van der Waals surface area contributed by atoms with Crippen molar-refractivity contribution in [3.05, 3.63) is 21.1 Å². The van der Waals surface area contributed by atoms with E-state index in [2.05, 4.69) is 37.2 Å². The van der Waals surface area contributed by atoms with Gasteiger partial charge in [-0.25, -0.2) is 8.42 Å². The van der Waals surface area contributed by atoms with Gasteiger partial charge in [-0.3, -0.25) is 4.79 Å². The summed E-state index contributed by atoms with van der Waals surface area (Å²) < 4.78 is 28.6. The van der Waals surface area contributed by atoms with Crippen molar-refractivity contribution in [3.63, 3.8) is 0 Å². The minimum Gasteiger partial charge on any atom is -0.481 e. The fourth-order valence-electron chi connectivity index (χ4n) is 1.32. The normalized spacial score (nSPS) is 11.5. The quantitative estimate of drug-likeness (QED) is 0.702. The van der Waals surface area contributed by atoms with Crippen LogP contribution in [-0.4, -0.2) is 27.0 Å². The lowest BCUT2D eigenvalue weighted by atomic mass is 10.3. The van der Waals surface area contributed by atoms with Gasteiger partial charge in [-0.15, -0.1) is 0 Å². The van der Waals surface area contributed by atoms with Crippen LogP contribution < -0.4 is 10.1 Å². The van der Waals surface area contributed by atoms with E-state index in [4.69, 9.17) is 15.4 Å². The number of halogens is 3. The van der Waals surface area contributed by atoms with E-state index < -0.39 is 9.05 Å². The van der Waals surface area contributed by atoms with E-state index in [-0.39, 0.29) is 23.5 Å². The Morgan fingerprint density at radius 3 is 2.25 bits per heavy atom. The summed E-state index contributed by atoms with van der Waals surface area (Å²) in [5.74, 6) is 0.0563. The van der Waals surface area contributed by atoms with Crippen LogP contribution in [0.25, 0.3) is 0 Å². The Bertz CT molecular complexity index is 596. The van der Waals surface area contributed by atoms with Crippen molar-refractivity contribution < 1.29 is 17.9 Å². The maximum absolute atomic E-state index is 11.5. The van der Waals surface area contributed by atoms with Gasteiger partial charge < -0.3 is 10.1 Å². The third-order valence-corrected chi connectivity index (χ3v) is 4.56. The largest absolute Gasteiger partial charge is 0.481 e. The molecule has 0 spiro atoms. The first kappa shape index (κ1) is 17.7. The van der Waals surface area contributed by atoms with Gasteiger partial charge in [0, 0.05) is 16.7 Å². The minimum absolute atomic E-state index is 0.0155. The highest BCUT2D eigenvalue weighted by atomic mass is 79.9. The first-order valence-electron chi connectivity index (χ1n) is 5.47. The molecule has 0 fully saturated rings. The van der Waals surface area contributed by atoms with Gasteiger partial charge in [0.25, 0.3) is 15.0 Å². The molecule has 1 aromatic rings. The predicted molar refractivity (Wildman–Crippen MR) is 83.7 cm³/mol. The Morgan fingerprint density at radius 2 is 1.85 bits per heavy atom. The van der Waals surface area contributed by atoms with Crippen molar-refractivity contribution in [2.75, 3.05) is 6.61 Å². The summed E-state index contributed by atoms with van der Waals surface area (Å²) >= 11 is 6.36. The second-order valence-corrected chi connectivity index (χ2v) is 8.44. The van der Waals surface area contributed by atoms with E-state index in [1.807, 2.05) is 13.8 Å². The second-order valence-electron chi connectivity index (χ2n) is 4.16. The van der Waals surface area contributed by atoms with Gasteiger partial charge in [0.15, 0.2) is 6.61 Å². The molecule has 1 aromatic carbocycles. The molecule has 20 heavy (non-hydrogen) atoms. The molecule has 1 amide bonds. The van der Waals surface area contributed by atoms with Crippen molar-refractivity contribution in [2.45, 2.75) is 24.8 Å². The molecule has 0 unspecified atom stereocenters. The van der Waals surface area contributed by atoms with Crippen LogP contribution in [0.3, 0.4) is 0 Å². The van der Waals surface area contributed by atoms with Crippen LogP contribution in [0, 0.1) is 0 Å². The number of rotatable bonds is 5. The molecule has 1 rings (SSSR count). The van der Waals surface area contributed by atoms with Crippen LogP contribution in [0.2, 0.25) is 0 Å². The average Bonchev–Trinajstić information content (AvgIpc) is 2.25. The van der Waals surface area contributed by atoms with Crippen molar-refractivity contribution >= 4 is 57.5 Å². The topological polar surface area (TPSA) is 72.5 Å². The lowest BCUT2D eigenvalue weighted by Crippen LogP contribution is -2.34. The average molecular weight is 450 g/mol. The van der Waals surface area contributed by atoms with Gasteiger partial charge in [-0.1, -0.05) is 0 Å². The zero-order valence-corrected chi connectivity index (χ0v) is 15.4. The van der Waals surface area contributed by atoms with Gasteiger partial charge in [0.2, 0.25) is 0 Å². The van der Waals surface area contributed by atoms with Gasteiger partial charge in [0.1, 0.15) is 5.75 Å². The highest BCUT2D eigenvalue weighted by molar-refractivity contribution is 9.11. The van der Waals surface area contributed by atoms with Crippen LogP contribution >= 0.6 is 42.5 Å². The summed E-state index contributed by atoms with van der Waals surface area (Å²) in [6.45, 7) is 3.50. The number of benzene rings is 1. The molecule has 0 aliphatic rings. The second kappa shape index (κ2) is 7.11. The first-order chi connectivity index (χ1) is 9.11. The molecule has 0 aromatic heterocycles. The van der Waals surface area contributed by atoms with Gasteiger partial charge >= 0.3 is 0 Å². The number of hydrogen-bond donors (Lipinski definition) is 1. The first-order valence-corrected chi connectivity index (χ1v) is 9.36. The van der Waals surface area contributed by atoms with E-state index in [9.17, 15) is 13.2 Å². The van der Waals surface area contributed by atoms with Crippen molar-refractivity contribution in [3.8, 4) is 5.75 Å². The molecule has 112 valence electrons. The summed E-state index contributed by atoms with van der Waals surface area (Å²) in [4.78, 5) is 11.4. The number of carbonyl (C=O) groups is 1. The third kappa shape index (κ3) is 5.23. The van der Waals surface area contributed by atoms with Crippen molar-refractivity contribution in [1.82, 2.24) is 5.32 Å². The Labute approximate surface area is 138 Å². The van der Waals surface area contributed by atoms with Crippen LogP contribution in [-0.2, 0) is 13.8 Å². The van der Waals surface area contributed by atoms with Gasteiger partial charge in [0.05, 0.1) is 13.8 Å². The number of ether oxygens (including phenoxy) is 1. The van der Waals surface area contributed by atoms with Gasteiger partial charge in [-0.2, -0.15) is 0 Å². The Balaban J connectivity index is 2.90. The zero-order valence-electron chi connectivity index (χ0n) is 10.6. The standard InChI is InChI=1S/C11H12Br2ClNO4S/c1-6(2)15-10(16)5-19-11-8(12)3-7(4-9(11)13)20(14,17)18/h3-4,6H,5H2,1-2H3,(H,15,16). The van der Waals surface area contributed by atoms with Crippen LogP contribution in [0.4, 0.5) is 0 Å². The Hall–Kier alpha value is -0.310. The maximum Gasteiger partial charge on any atom is 0.261 e. The molecule has 9 heteroatoms. The fraction of sp³-hybridized carbons (Fsp3) is 0.364. The van der Waals surface area contributed by atoms with E-state index in [0.717, 1.165) is 0 Å². The summed E-state index contributed by atoms with van der Waals surface area (Å²) in [7, 11) is 1.43. The summed E-state index contributed by atoms with van der Waals surface area (Å²) in [5.41, 5.74) is 0. The molecule has 0 saturated carbocycles. The van der Waals surface area contributed by atoms with E-state index in [0.29, 0.717) is 14.7 Å². The van der Waals surface area contributed by atoms with E-state index in [1.165, 1.54) is 12.1 Å². The molecule has 5 nitrogen and oxygen atoms in total. The zero-order chi connectivity index (χ0) is 15.5. The molecule has 0 atom stereocenters. The third-order valence-electron chi connectivity index (χ3n) is 2.05. The number of nitrogens with one attached hydrogen (secondary N) is 1. The maximum atomic E-state index is 11.5. The van der Waals surface area contributed by atoms with Crippen molar-refractivity contribution in [2.24, 2.45) is 0 Å². The fourth-order valence-corrected chi connectivity index (χ4v) is 3.82. The molecule has 0 radical (unpaired) electrons. The SMILES string of the molecule is CC(C)NC(=O)COc1c(Br)cc(S(=O)(=O)Cl)cc1Br. The summed E-state index contributed by atoms with van der Waals surface area (Å²) in [5, 5.41) is 2.68. The Morgan fingerprint density at radius 1 is 1.35 bits per heavy atom.